The summed E-state index contributed by atoms with van der Waals surface area (Å²) in [6, 6.07) is 10.1. The molecule has 0 unspecified atom stereocenters. The molecular weight excluding hydrogens is 522 g/mol. The first kappa shape index (κ1) is 24.9. The predicted molar refractivity (Wildman–Crippen MR) is 150 cm³/mol. The van der Waals surface area contributed by atoms with Gasteiger partial charge in [0, 0.05) is 48.3 Å². The molecule has 41 heavy (non-hydrogen) atoms. The third-order valence-corrected chi connectivity index (χ3v) is 7.91. The van der Waals surface area contributed by atoms with Crippen molar-refractivity contribution in [3.05, 3.63) is 71.7 Å². The van der Waals surface area contributed by atoms with Crippen LogP contribution in [0.3, 0.4) is 0 Å². The van der Waals surface area contributed by atoms with Gasteiger partial charge in [-0.3, -0.25) is 14.6 Å². The van der Waals surface area contributed by atoms with E-state index in [9.17, 15) is 9.59 Å². The highest BCUT2D eigenvalue weighted by atomic mass is 16.5. The third kappa shape index (κ3) is 4.28. The standard InChI is InChI=1S/C29H27N9O3/c1-16(39)24-25(17-6-9-37(10-7-17)29(40)27-32-15-33-36-27)35-28-21(14-34-38(28)26(24)30)20-2-4-22(31-13-20)18-3-5-23-19(12-18)8-11-41-23/h2-5,12-15,17H,6-11,30H2,1H3,(H,32,33,36). The van der Waals surface area contributed by atoms with Crippen LogP contribution in [0.15, 0.2) is 49.1 Å². The normalized spacial score (nSPS) is 15.2. The number of fused-ring (bicyclic) bond motifs is 2. The highest BCUT2D eigenvalue weighted by molar-refractivity contribution is 6.00. The van der Waals surface area contributed by atoms with E-state index in [2.05, 4.69) is 26.3 Å². The molecule has 2 aliphatic heterocycles. The SMILES string of the molecule is CC(=O)c1c(C2CCN(C(=O)c3nnc[nH]3)CC2)nc2c(-c3ccc(-c4ccc5c(c4)CCO5)nc3)cnn2c1N. The Morgan fingerprint density at radius 3 is 2.66 bits per heavy atom. The Bertz CT molecular complexity index is 1790. The van der Waals surface area contributed by atoms with Crippen LogP contribution in [0.5, 0.6) is 5.75 Å². The number of H-pyrrole nitrogens is 1. The molecule has 2 aliphatic rings. The van der Waals surface area contributed by atoms with Crippen molar-refractivity contribution < 1.29 is 14.3 Å². The number of ether oxygens (including phenoxy) is 1. The van der Waals surface area contributed by atoms with Gasteiger partial charge in [-0.2, -0.15) is 9.61 Å². The lowest BCUT2D eigenvalue weighted by Gasteiger charge is -2.32. The average molecular weight is 550 g/mol. The lowest BCUT2D eigenvalue weighted by molar-refractivity contribution is 0.0699. The van der Waals surface area contributed by atoms with Gasteiger partial charge in [0.25, 0.3) is 5.91 Å². The molecule has 0 aliphatic carbocycles. The zero-order chi connectivity index (χ0) is 28.1. The number of pyridine rings is 1. The van der Waals surface area contributed by atoms with E-state index >= 15 is 0 Å². The molecule has 6 heterocycles. The number of amides is 1. The molecule has 0 atom stereocenters. The quantitative estimate of drug-likeness (QED) is 0.314. The second kappa shape index (κ2) is 9.81. The van der Waals surface area contributed by atoms with Crippen LogP contribution < -0.4 is 10.5 Å². The van der Waals surface area contributed by atoms with E-state index in [4.69, 9.17) is 20.4 Å². The number of hydrogen-bond acceptors (Lipinski definition) is 9. The lowest BCUT2D eigenvalue weighted by Crippen LogP contribution is -2.39. The summed E-state index contributed by atoms with van der Waals surface area (Å²) in [4.78, 5) is 39.7. The number of nitrogen functional groups attached to an aromatic ring is 1. The Kier molecular flexibility index (Phi) is 5.95. The number of nitrogens with zero attached hydrogens (tertiary/aromatic N) is 7. The van der Waals surface area contributed by atoms with E-state index in [1.807, 2.05) is 24.3 Å². The first-order chi connectivity index (χ1) is 20.0. The number of piperidine rings is 1. The number of nitrogens with two attached hydrogens (primary N) is 1. The molecule has 0 saturated carbocycles. The first-order valence-electron chi connectivity index (χ1n) is 13.5. The highest BCUT2D eigenvalue weighted by Gasteiger charge is 2.31. The largest absolute Gasteiger partial charge is 0.493 e. The van der Waals surface area contributed by atoms with Gasteiger partial charge >= 0.3 is 0 Å². The van der Waals surface area contributed by atoms with Gasteiger partial charge < -0.3 is 20.4 Å². The number of aromatic nitrogens is 7. The summed E-state index contributed by atoms with van der Waals surface area (Å²) in [5.41, 5.74) is 12.8. The second-order valence-electron chi connectivity index (χ2n) is 10.4. The monoisotopic (exact) mass is 549 g/mol. The molecule has 5 aromatic rings. The van der Waals surface area contributed by atoms with Gasteiger partial charge in [0.15, 0.2) is 11.4 Å². The highest BCUT2D eigenvalue weighted by Crippen LogP contribution is 2.35. The summed E-state index contributed by atoms with van der Waals surface area (Å²) in [7, 11) is 0. The Labute approximate surface area is 234 Å². The van der Waals surface area contributed by atoms with Crippen molar-refractivity contribution in [1.82, 2.24) is 39.7 Å². The fraction of sp³-hybridized carbons (Fsp3) is 0.276. The van der Waals surface area contributed by atoms with Gasteiger partial charge in [-0.15, -0.1) is 10.2 Å². The summed E-state index contributed by atoms with van der Waals surface area (Å²) in [6.45, 7) is 3.20. The van der Waals surface area contributed by atoms with Crippen molar-refractivity contribution in [1.29, 1.82) is 0 Å². The van der Waals surface area contributed by atoms with E-state index in [0.29, 0.717) is 49.4 Å². The van der Waals surface area contributed by atoms with Gasteiger partial charge in [0.2, 0.25) is 5.82 Å². The number of Topliss-reactive ketones (excluding diaryl/α,β-unsaturated/α-hetero) is 1. The van der Waals surface area contributed by atoms with Gasteiger partial charge in [-0.25, -0.2) is 4.98 Å². The molecule has 12 nitrogen and oxygen atoms in total. The number of carbonyl (C=O) groups is 2. The van der Waals surface area contributed by atoms with Gasteiger partial charge in [0.05, 0.1) is 29.8 Å². The number of rotatable bonds is 5. The molecule has 12 heteroatoms. The zero-order valence-corrected chi connectivity index (χ0v) is 22.4. The van der Waals surface area contributed by atoms with Crippen molar-refractivity contribution >= 4 is 23.2 Å². The summed E-state index contributed by atoms with van der Waals surface area (Å²) < 4.78 is 7.14. The maximum Gasteiger partial charge on any atom is 0.291 e. The van der Waals surface area contributed by atoms with Crippen molar-refractivity contribution in [3.8, 4) is 28.1 Å². The van der Waals surface area contributed by atoms with Crippen LogP contribution in [-0.4, -0.2) is 71.1 Å². The maximum absolute atomic E-state index is 12.8. The van der Waals surface area contributed by atoms with Gasteiger partial charge in [-0.1, -0.05) is 6.07 Å². The Morgan fingerprint density at radius 1 is 1.10 bits per heavy atom. The molecule has 0 radical (unpaired) electrons. The molecule has 1 aromatic carbocycles. The minimum absolute atomic E-state index is 0.0491. The van der Waals surface area contributed by atoms with Crippen LogP contribution in [0.1, 0.15) is 57.9 Å². The molecule has 4 aromatic heterocycles. The maximum atomic E-state index is 12.8. The van der Waals surface area contributed by atoms with Crippen molar-refractivity contribution in [2.75, 3.05) is 25.4 Å². The minimum Gasteiger partial charge on any atom is -0.493 e. The number of likely N-dealkylation sites (tertiary alicyclic amines) is 1. The van der Waals surface area contributed by atoms with Crippen LogP contribution >= 0.6 is 0 Å². The lowest BCUT2D eigenvalue weighted by atomic mass is 9.89. The number of benzene rings is 1. The van der Waals surface area contributed by atoms with Crippen LogP contribution in [0.25, 0.3) is 28.0 Å². The fourth-order valence-corrected chi connectivity index (χ4v) is 5.78. The fourth-order valence-electron chi connectivity index (χ4n) is 5.78. The molecule has 0 bridgehead atoms. The Balaban J connectivity index is 1.20. The second-order valence-corrected chi connectivity index (χ2v) is 10.4. The summed E-state index contributed by atoms with van der Waals surface area (Å²) in [6.07, 6.45) is 7.06. The van der Waals surface area contributed by atoms with Gasteiger partial charge in [-0.05, 0) is 49.6 Å². The predicted octanol–water partition coefficient (Wildman–Crippen LogP) is 3.32. The van der Waals surface area contributed by atoms with E-state index in [1.165, 1.54) is 23.3 Å². The van der Waals surface area contributed by atoms with E-state index in [1.54, 1.807) is 17.3 Å². The summed E-state index contributed by atoms with van der Waals surface area (Å²) in [5, 5.41) is 12.0. The van der Waals surface area contributed by atoms with E-state index < -0.39 is 0 Å². The molecule has 1 amide bonds. The number of carbonyl (C=O) groups excluding carboxylic acids is 2. The van der Waals surface area contributed by atoms with Crippen molar-refractivity contribution in [2.45, 2.75) is 32.1 Å². The van der Waals surface area contributed by atoms with E-state index in [0.717, 1.165) is 34.6 Å². The van der Waals surface area contributed by atoms with Crippen molar-refractivity contribution in [3.63, 3.8) is 0 Å². The molecule has 7 rings (SSSR count). The van der Waals surface area contributed by atoms with Gasteiger partial charge in [0.1, 0.15) is 17.9 Å². The zero-order valence-electron chi connectivity index (χ0n) is 22.4. The molecular formula is C29H27N9O3. The van der Waals surface area contributed by atoms with Crippen LogP contribution in [-0.2, 0) is 6.42 Å². The number of aromatic amines is 1. The van der Waals surface area contributed by atoms with E-state index in [-0.39, 0.29) is 29.3 Å². The van der Waals surface area contributed by atoms with Crippen LogP contribution in [0, 0.1) is 0 Å². The average Bonchev–Trinajstić information content (AvgIpc) is 3.77. The first-order valence-corrected chi connectivity index (χ1v) is 13.5. The molecule has 3 N–H and O–H groups in total. The van der Waals surface area contributed by atoms with Crippen LogP contribution in [0.4, 0.5) is 5.82 Å². The molecule has 1 saturated heterocycles. The number of nitrogens with one attached hydrogen (secondary N) is 1. The summed E-state index contributed by atoms with van der Waals surface area (Å²) >= 11 is 0. The summed E-state index contributed by atoms with van der Waals surface area (Å²) in [5.74, 6) is 0.993. The smallest absolute Gasteiger partial charge is 0.291 e. The topological polar surface area (TPSA) is 157 Å². The number of ketones is 1. The molecule has 1 fully saturated rings. The Hall–Kier alpha value is -5.13. The minimum atomic E-state index is -0.196. The molecule has 206 valence electrons. The molecule has 0 spiro atoms. The third-order valence-electron chi connectivity index (χ3n) is 7.91. The van der Waals surface area contributed by atoms with Crippen molar-refractivity contribution in [2.24, 2.45) is 0 Å². The van der Waals surface area contributed by atoms with Crippen LogP contribution in [0.2, 0.25) is 0 Å². The number of hydrogen-bond donors (Lipinski definition) is 2. The number of anilines is 1. The Morgan fingerprint density at radius 2 is 1.93 bits per heavy atom.